The van der Waals surface area contributed by atoms with E-state index in [0.29, 0.717) is 0 Å². The van der Waals surface area contributed by atoms with Crippen molar-refractivity contribution in [1.82, 2.24) is 5.17 Å². The second-order valence-electron chi connectivity index (χ2n) is 7.08. The number of hydrazone groups is 1. The maximum Gasteiger partial charge on any atom is 0.306 e. The van der Waals surface area contributed by atoms with Crippen LogP contribution in [0.3, 0.4) is 0 Å². The predicted molar refractivity (Wildman–Crippen MR) is 105 cm³/mol. The van der Waals surface area contributed by atoms with Gasteiger partial charge in [0.05, 0.1) is 25.4 Å². The molecule has 0 aliphatic carbocycles. The standard InChI is InChI=1S/C20H34N2O6/c1-3-5-7-9-16-15-17(10-8-6-4-2)28-22(21-16)18(23)13-14-27-20(26)12-11-19(24)25/h17H,3-15H2,1-2H3,(H,24,25). The van der Waals surface area contributed by atoms with Gasteiger partial charge in [-0.1, -0.05) is 46.0 Å². The fourth-order valence-corrected chi connectivity index (χ4v) is 2.89. The van der Waals surface area contributed by atoms with Gasteiger partial charge in [0.25, 0.3) is 5.91 Å². The number of hydroxylamine groups is 1. The zero-order valence-electron chi connectivity index (χ0n) is 17.2. The number of carbonyl (C=O) groups is 3. The summed E-state index contributed by atoms with van der Waals surface area (Å²) in [5, 5.41) is 14.0. The minimum Gasteiger partial charge on any atom is -0.481 e. The first-order chi connectivity index (χ1) is 13.5. The summed E-state index contributed by atoms with van der Waals surface area (Å²) in [5.41, 5.74) is 0.980. The number of carboxylic acids is 1. The predicted octanol–water partition coefficient (Wildman–Crippen LogP) is 3.83. The van der Waals surface area contributed by atoms with Crippen LogP contribution >= 0.6 is 0 Å². The number of hydrogen-bond donors (Lipinski definition) is 1. The second kappa shape index (κ2) is 14.1. The average molecular weight is 399 g/mol. The summed E-state index contributed by atoms with van der Waals surface area (Å²) in [5.74, 6) is -2.05. The Bertz CT molecular complexity index is 535. The lowest BCUT2D eigenvalue weighted by Crippen LogP contribution is -2.38. The monoisotopic (exact) mass is 398 g/mol. The molecule has 0 saturated carbocycles. The Hall–Kier alpha value is -1.96. The molecule has 28 heavy (non-hydrogen) atoms. The maximum absolute atomic E-state index is 12.4. The Balaban J connectivity index is 2.52. The molecule has 1 aliphatic heterocycles. The Morgan fingerprint density at radius 2 is 1.82 bits per heavy atom. The first-order valence-corrected chi connectivity index (χ1v) is 10.4. The van der Waals surface area contributed by atoms with Crippen LogP contribution in [0.4, 0.5) is 0 Å². The van der Waals surface area contributed by atoms with Crippen molar-refractivity contribution in [2.24, 2.45) is 5.10 Å². The van der Waals surface area contributed by atoms with Crippen LogP contribution in [0.15, 0.2) is 5.10 Å². The molecule has 1 amide bonds. The van der Waals surface area contributed by atoms with Crippen LogP contribution < -0.4 is 0 Å². The van der Waals surface area contributed by atoms with Gasteiger partial charge in [-0.25, -0.2) is 4.84 Å². The number of carbonyl (C=O) groups excluding carboxylic acids is 2. The smallest absolute Gasteiger partial charge is 0.306 e. The lowest BCUT2D eigenvalue weighted by atomic mass is 10.0. The van der Waals surface area contributed by atoms with Crippen LogP contribution in [0.2, 0.25) is 0 Å². The van der Waals surface area contributed by atoms with Crippen molar-refractivity contribution in [2.45, 2.75) is 97.0 Å². The highest BCUT2D eigenvalue weighted by Gasteiger charge is 2.26. The van der Waals surface area contributed by atoms with Gasteiger partial charge in [0.1, 0.15) is 6.61 Å². The van der Waals surface area contributed by atoms with Gasteiger partial charge in [0.2, 0.25) is 0 Å². The van der Waals surface area contributed by atoms with Crippen molar-refractivity contribution in [3.63, 3.8) is 0 Å². The molecule has 0 fully saturated rings. The molecule has 0 bridgehead atoms. The molecule has 1 aliphatic rings. The third-order valence-corrected chi connectivity index (χ3v) is 4.48. The van der Waals surface area contributed by atoms with Gasteiger partial charge >= 0.3 is 11.9 Å². The first-order valence-electron chi connectivity index (χ1n) is 10.4. The maximum atomic E-state index is 12.4. The van der Waals surface area contributed by atoms with Crippen LogP contribution in [0, 0.1) is 0 Å². The molecule has 8 heteroatoms. The second-order valence-corrected chi connectivity index (χ2v) is 7.08. The number of carboxylic acid groups (broad SMARTS) is 1. The normalized spacial score (nSPS) is 16.6. The van der Waals surface area contributed by atoms with Gasteiger partial charge in [0.15, 0.2) is 0 Å². The number of rotatable bonds is 14. The summed E-state index contributed by atoms with van der Waals surface area (Å²) >= 11 is 0. The summed E-state index contributed by atoms with van der Waals surface area (Å²) in [7, 11) is 0. The minimum absolute atomic E-state index is 0.0494. The number of hydrogen-bond acceptors (Lipinski definition) is 6. The van der Waals surface area contributed by atoms with Crippen molar-refractivity contribution in [2.75, 3.05) is 6.61 Å². The van der Waals surface area contributed by atoms with Crippen LogP contribution in [0.1, 0.15) is 90.9 Å². The third kappa shape index (κ3) is 10.4. The highest BCUT2D eigenvalue weighted by atomic mass is 16.7. The zero-order chi connectivity index (χ0) is 20.8. The van der Waals surface area contributed by atoms with Gasteiger partial charge < -0.3 is 9.84 Å². The van der Waals surface area contributed by atoms with Crippen molar-refractivity contribution in [3.05, 3.63) is 0 Å². The Morgan fingerprint density at radius 1 is 1.11 bits per heavy atom. The highest BCUT2D eigenvalue weighted by Crippen LogP contribution is 2.21. The van der Waals surface area contributed by atoms with E-state index in [0.717, 1.165) is 68.7 Å². The topological polar surface area (TPSA) is 106 Å². The lowest BCUT2D eigenvalue weighted by molar-refractivity contribution is -0.213. The molecule has 0 radical (unpaired) electrons. The largest absolute Gasteiger partial charge is 0.481 e. The molecule has 1 heterocycles. The van der Waals surface area contributed by atoms with Crippen molar-refractivity contribution in [1.29, 1.82) is 0 Å². The number of aliphatic carboxylic acids is 1. The van der Waals surface area contributed by atoms with Gasteiger partial charge in [-0.15, -0.1) is 5.17 Å². The summed E-state index contributed by atoms with van der Waals surface area (Å²) < 4.78 is 4.91. The molecule has 160 valence electrons. The number of amides is 1. The van der Waals surface area contributed by atoms with E-state index in [1.807, 2.05) is 0 Å². The molecule has 0 aromatic rings. The fraction of sp³-hybridized carbons (Fsp3) is 0.800. The lowest BCUT2D eigenvalue weighted by Gasteiger charge is -2.29. The molecule has 0 aromatic heterocycles. The SMILES string of the molecule is CCCCCC1=NN(C(=O)CCOC(=O)CCC(=O)O)OC(CCCCC)C1. The van der Waals surface area contributed by atoms with E-state index in [1.165, 1.54) is 0 Å². The van der Waals surface area contributed by atoms with Crippen LogP contribution in [0.25, 0.3) is 0 Å². The number of ether oxygens (including phenoxy) is 1. The van der Waals surface area contributed by atoms with E-state index in [2.05, 4.69) is 18.9 Å². The molecular formula is C20H34N2O6. The third-order valence-electron chi connectivity index (χ3n) is 4.48. The molecule has 1 N–H and O–H groups in total. The van der Waals surface area contributed by atoms with Gasteiger partial charge in [-0.2, -0.15) is 5.10 Å². The fourth-order valence-electron chi connectivity index (χ4n) is 2.89. The van der Waals surface area contributed by atoms with Crippen molar-refractivity contribution >= 4 is 23.6 Å². The first kappa shape index (κ1) is 24.1. The van der Waals surface area contributed by atoms with E-state index in [4.69, 9.17) is 14.7 Å². The van der Waals surface area contributed by atoms with Gasteiger partial charge in [-0.05, 0) is 19.3 Å². The Morgan fingerprint density at radius 3 is 2.50 bits per heavy atom. The summed E-state index contributed by atoms with van der Waals surface area (Å²) in [6.45, 7) is 4.18. The molecule has 0 spiro atoms. The Labute approximate surface area is 167 Å². The molecular weight excluding hydrogens is 364 g/mol. The van der Waals surface area contributed by atoms with E-state index in [-0.39, 0.29) is 37.9 Å². The average Bonchev–Trinajstić information content (AvgIpc) is 2.66. The highest BCUT2D eigenvalue weighted by molar-refractivity contribution is 5.87. The zero-order valence-corrected chi connectivity index (χ0v) is 17.2. The minimum atomic E-state index is -1.06. The number of esters is 1. The van der Waals surface area contributed by atoms with E-state index < -0.39 is 11.9 Å². The number of unbranched alkanes of at least 4 members (excludes halogenated alkanes) is 4. The van der Waals surface area contributed by atoms with Crippen LogP contribution in [-0.4, -0.2) is 46.5 Å². The van der Waals surface area contributed by atoms with Gasteiger partial charge in [-0.3, -0.25) is 14.4 Å². The van der Waals surface area contributed by atoms with Crippen LogP contribution in [0.5, 0.6) is 0 Å². The van der Waals surface area contributed by atoms with Crippen molar-refractivity contribution < 1.29 is 29.1 Å². The van der Waals surface area contributed by atoms with E-state index >= 15 is 0 Å². The number of nitrogens with zero attached hydrogens (tertiary/aromatic N) is 2. The summed E-state index contributed by atoms with van der Waals surface area (Å²) in [6.07, 6.45) is 8.49. The van der Waals surface area contributed by atoms with E-state index in [1.54, 1.807) is 0 Å². The summed E-state index contributed by atoms with van der Waals surface area (Å²) in [4.78, 5) is 40.0. The summed E-state index contributed by atoms with van der Waals surface area (Å²) in [6, 6.07) is 0. The quantitative estimate of drug-likeness (QED) is 0.352. The van der Waals surface area contributed by atoms with Crippen molar-refractivity contribution in [3.8, 4) is 0 Å². The Kier molecular flexibility index (Phi) is 12.1. The van der Waals surface area contributed by atoms with Gasteiger partial charge in [0, 0.05) is 12.1 Å². The molecule has 8 nitrogen and oxygen atoms in total. The molecule has 1 unspecified atom stereocenters. The van der Waals surface area contributed by atoms with E-state index in [9.17, 15) is 14.4 Å². The van der Waals surface area contributed by atoms with Crippen LogP contribution in [-0.2, 0) is 24.0 Å². The molecule has 1 atom stereocenters. The molecule has 0 saturated heterocycles. The molecule has 1 rings (SSSR count). The molecule has 0 aromatic carbocycles.